The zero-order chi connectivity index (χ0) is 16.7. The molecule has 2 rings (SSSR count). The van der Waals surface area contributed by atoms with Gasteiger partial charge in [0.05, 0.1) is 19.1 Å². The Morgan fingerprint density at radius 1 is 1.30 bits per heavy atom. The number of amides is 1. The molecule has 1 aromatic carbocycles. The monoisotopic (exact) mass is 324 g/mol. The van der Waals surface area contributed by atoms with Crippen LogP contribution < -0.4 is 4.74 Å². The zero-order valence-corrected chi connectivity index (χ0v) is 13.6. The van der Waals surface area contributed by atoms with Crippen LogP contribution in [-0.4, -0.2) is 66.2 Å². The first-order valence-electron chi connectivity index (χ1n) is 8.15. The Morgan fingerprint density at radius 2 is 2.00 bits per heavy atom. The highest BCUT2D eigenvalue weighted by atomic mass is 19.1. The van der Waals surface area contributed by atoms with Gasteiger partial charge in [-0.05, 0) is 18.6 Å². The van der Waals surface area contributed by atoms with E-state index in [2.05, 4.69) is 4.90 Å². The quantitative estimate of drug-likeness (QED) is 0.826. The zero-order valence-electron chi connectivity index (χ0n) is 13.6. The summed E-state index contributed by atoms with van der Waals surface area (Å²) in [5.74, 6) is -0.209. The number of rotatable bonds is 7. The molecule has 0 unspecified atom stereocenters. The molecular formula is C17H25FN2O3. The Bertz CT molecular complexity index is 504. The van der Waals surface area contributed by atoms with Gasteiger partial charge in [-0.15, -0.1) is 0 Å². The number of carbonyl (C=O) groups excluding carboxylic acids is 1. The summed E-state index contributed by atoms with van der Waals surface area (Å²) in [7, 11) is 0. The second-order valence-corrected chi connectivity index (χ2v) is 5.77. The van der Waals surface area contributed by atoms with Gasteiger partial charge in [0.25, 0.3) is 0 Å². The van der Waals surface area contributed by atoms with Crippen molar-refractivity contribution in [2.75, 3.05) is 39.3 Å². The number of halogens is 1. The van der Waals surface area contributed by atoms with E-state index in [0.29, 0.717) is 19.6 Å². The van der Waals surface area contributed by atoms with E-state index >= 15 is 0 Å². The second-order valence-electron chi connectivity index (χ2n) is 5.77. The summed E-state index contributed by atoms with van der Waals surface area (Å²) >= 11 is 0. The van der Waals surface area contributed by atoms with E-state index in [4.69, 9.17) is 4.74 Å². The molecule has 1 saturated heterocycles. The number of para-hydroxylation sites is 1. The third-order valence-corrected chi connectivity index (χ3v) is 4.08. The molecule has 6 heteroatoms. The van der Waals surface area contributed by atoms with Crippen molar-refractivity contribution in [2.24, 2.45) is 0 Å². The number of aliphatic hydroxyl groups excluding tert-OH is 1. The minimum atomic E-state index is -0.414. The molecule has 0 spiro atoms. The standard InChI is InChI=1S/C17H25FN2O3/c1-2-14(21)13-19-8-10-20(11-9-19)17(22)7-12-23-16-6-4-3-5-15(16)18/h3-6,14,21H,2,7-13H2,1H3/t14-/m0/s1. The number of carbonyl (C=O) groups is 1. The van der Waals surface area contributed by atoms with Crippen molar-refractivity contribution in [1.29, 1.82) is 0 Å². The summed E-state index contributed by atoms with van der Waals surface area (Å²) in [6, 6.07) is 6.19. The third kappa shape index (κ3) is 5.48. The summed E-state index contributed by atoms with van der Waals surface area (Å²) in [6.07, 6.45) is 0.685. The van der Waals surface area contributed by atoms with E-state index in [9.17, 15) is 14.3 Å². The van der Waals surface area contributed by atoms with Crippen LogP contribution in [0.3, 0.4) is 0 Å². The van der Waals surface area contributed by atoms with Gasteiger partial charge in [-0.3, -0.25) is 9.69 Å². The summed E-state index contributed by atoms with van der Waals surface area (Å²) in [4.78, 5) is 16.1. The van der Waals surface area contributed by atoms with Gasteiger partial charge in [-0.1, -0.05) is 19.1 Å². The van der Waals surface area contributed by atoms with Crippen LogP contribution in [0.15, 0.2) is 24.3 Å². The summed E-state index contributed by atoms with van der Waals surface area (Å²) in [6.45, 7) is 5.67. The fourth-order valence-electron chi connectivity index (χ4n) is 2.58. The molecule has 0 saturated carbocycles. The lowest BCUT2D eigenvalue weighted by molar-refractivity contribution is -0.133. The van der Waals surface area contributed by atoms with Gasteiger partial charge in [0.15, 0.2) is 11.6 Å². The summed E-state index contributed by atoms with van der Waals surface area (Å²) in [5.41, 5.74) is 0. The predicted molar refractivity (Wildman–Crippen MR) is 85.8 cm³/mol. The molecule has 0 radical (unpaired) electrons. The number of benzene rings is 1. The molecule has 1 aliphatic heterocycles. The van der Waals surface area contributed by atoms with Crippen LogP contribution in [0.4, 0.5) is 4.39 Å². The van der Waals surface area contributed by atoms with Crippen molar-refractivity contribution in [3.63, 3.8) is 0 Å². The molecule has 128 valence electrons. The van der Waals surface area contributed by atoms with E-state index in [1.54, 1.807) is 23.1 Å². The Morgan fingerprint density at radius 3 is 2.65 bits per heavy atom. The van der Waals surface area contributed by atoms with Crippen LogP contribution in [-0.2, 0) is 4.79 Å². The fraction of sp³-hybridized carbons (Fsp3) is 0.588. The number of nitrogens with zero attached hydrogens (tertiary/aromatic N) is 2. The molecule has 23 heavy (non-hydrogen) atoms. The van der Waals surface area contributed by atoms with E-state index in [1.165, 1.54) is 6.07 Å². The molecule has 1 aliphatic rings. The molecule has 1 aromatic rings. The van der Waals surface area contributed by atoms with Gasteiger partial charge in [0, 0.05) is 32.7 Å². The number of ether oxygens (including phenoxy) is 1. The van der Waals surface area contributed by atoms with Gasteiger partial charge in [0.2, 0.25) is 5.91 Å². The van der Waals surface area contributed by atoms with Gasteiger partial charge in [0.1, 0.15) is 0 Å². The maximum absolute atomic E-state index is 13.4. The van der Waals surface area contributed by atoms with Crippen LogP contribution in [0.1, 0.15) is 19.8 Å². The van der Waals surface area contributed by atoms with Crippen LogP contribution in [0, 0.1) is 5.82 Å². The first kappa shape index (κ1) is 17.7. The average Bonchev–Trinajstić information content (AvgIpc) is 2.57. The first-order chi connectivity index (χ1) is 11.1. The number of β-amino-alcohol motifs (C(OH)–C–C–N with tert-alkyl or cyclic N) is 1. The van der Waals surface area contributed by atoms with Crippen molar-refractivity contribution < 1.29 is 19.0 Å². The molecular weight excluding hydrogens is 299 g/mol. The van der Waals surface area contributed by atoms with Crippen molar-refractivity contribution in [2.45, 2.75) is 25.9 Å². The van der Waals surface area contributed by atoms with E-state index in [1.807, 2.05) is 6.92 Å². The van der Waals surface area contributed by atoms with Crippen molar-refractivity contribution in [3.05, 3.63) is 30.1 Å². The highest BCUT2D eigenvalue weighted by molar-refractivity contribution is 5.76. The highest BCUT2D eigenvalue weighted by Gasteiger charge is 2.22. The smallest absolute Gasteiger partial charge is 0.226 e. The lowest BCUT2D eigenvalue weighted by Crippen LogP contribution is -2.50. The number of hydrogen-bond donors (Lipinski definition) is 1. The summed E-state index contributed by atoms with van der Waals surface area (Å²) in [5, 5.41) is 9.66. The van der Waals surface area contributed by atoms with Crippen LogP contribution in [0.5, 0.6) is 5.75 Å². The molecule has 1 fully saturated rings. The van der Waals surface area contributed by atoms with Crippen LogP contribution >= 0.6 is 0 Å². The molecule has 0 bridgehead atoms. The van der Waals surface area contributed by atoms with Gasteiger partial charge < -0.3 is 14.7 Å². The van der Waals surface area contributed by atoms with Crippen molar-refractivity contribution in [3.8, 4) is 5.75 Å². The lowest BCUT2D eigenvalue weighted by Gasteiger charge is -2.35. The Hall–Kier alpha value is -1.66. The van der Waals surface area contributed by atoms with E-state index < -0.39 is 5.82 Å². The minimum absolute atomic E-state index is 0.0250. The van der Waals surface area contributed by atoms with Crippen molar-refractivity contribution in [1.82, 2.24) is 9.80 Å². The normalized spacial score (nSPS) is 17.1. The average molecular weight is 324 g/mol. The van der Waals surface area contributed by atoms with Crippen LogP contribution in [0.2, 0.25) is 0 Å². The topological polar surface area (TPSA) is 53.0 Å². The van der Waals surface area contributed by atoms with Gasteiger partial charge in [-0.25, -0.2) is 4.39 Å². The first-order valence-corrected chi connectivity index (χ1v) is 8.15. The molecule has 1 atom stereocenters. The SMILES string of the molecule is CC[C@H](O)CN1CCN(C(=O)CCOc2ccccc2F)CC1. The van der Waals surface area contributed by atoms with Gasteiger partial charge >= 0.3 is 0 Å². The lowest BCUT2D eigenvalue weighted by atomic mass is 10.2. The Kier molecular flexibility index (Phi) is 6.80. The Labute approximate surface area is 136 Å². The number of piperazine rings is 1. The second kappa shape index (κ2) is 8.84. The highest BCUT2D eigenvalue weighted by Crippen LogP contribution is 2.15. The predicted octanol–water partition coefficient (Wildman–Crippen LogP) is 1.51. The van der Waals surface area contributed by atoms with E-state index in [0.717, 1.165) is 19.5 Å². The number of hydrogen-bond acceptors (Lipinski definition) is 4. The molecule has 1 amide bonds. The maximum atomic E-state index is 13.4. The molecule has 0 aliphatic carbocycles. The Balaban J connectivity index is 1.68. The van der Waals surface area contributed by atoms with Gasteiger partial charge in [-0.2, -0.15) is 0 Å². The third-order valence-electron chi connectivity index (χ3n) is 4.08. The fourth-order valence-corrected chi connectivity index (χ4v) is 2.58. The molecule has 5 nitrogen and oxygen atoms in total. The largest absolute Gasteiger partial charge is 0.490 e. The molecule has 1 heterocycles. The number of aliphatic hydroxyl groups is 1. The summed E-state index contributed by atoms with van der Waals surface area (Å²) < 4.78 is 18.7. The maximum Gasteiger partial charge on any atom is 0.226 e. The van der Waals surface area contributed by atoms with E-state index in [-0.39, 0.29) is 30.8 Å². The van der Waals surface area contributed by atoms with Crippen LogP contribution in [0.25, 0.3) is 0 Å². The van der Waals surface area contributed by atoms with Crippen molar-refractivity contribution >= 4 is 5.91 Å². The molecule has 0 aromatic heterocycles. The minimum Gasteiger partial charge on any atom is -0.490 e. The molecule has 1 N–H and O–H groups in total.